The normalized spacial score (nSPS) is 16.1. The zero-order valence-corrected chi connectivity index (χ0v) is 16.2. The summed E-state index contributed by atoms with van der Waals surface area (Å²) in [5.41, 5.74) is 1.28. The molecule has 0 bridgehead atoms. The molecule has 0 spiro atoms. The molecule has 3 aromatic rings. The molecule has 1 N–H and O–H groups in total. The van der Waals surface area contributed by atoms with E-state index in [4.69, 9.17) is 9.47 Å². The van der Waals surface area contributed by atoms with Gasteiger partial charge in [-0.05, 0) is 42.0 Å². The Morgan fingerprint density at radius 2 is 1.87 bits per heavy atom. The molecule has 1 aliphatic rings. The van der Waals surface area contributed by atoms with Gasteiger partial charge in [-0.3, -0.25) is 14.8 Å². The number of rotatable bonds is 5. The molecule has 0 saturated carbocycles. The van der Waals surface area contributed by atoms with Crippen molar-refractivity contribution in [2.45, 2.75) is 18.8 Å². The van der Waals surface area contributed by atoms with Gasteiger partial charge in [-0.15, -0.1) is 0 Å². The lowest BCUT2D eigenvalue weighted by molar-refractivity contribution is -0.137. The minimum Gasteiger partial charge on any atom is -0.497 e. The van der Waals surface area contributed by atoms with Gasteiger partial charge in [-0.1, -0.05) is 12.1 Å². The number of fused-ring (bicyclic) bond motifs is 1. The molecule has 4 rings (SSSR count). The van der Waals surface area contributed by atoms with Gasteiger partial charge in [0.1, 0.15) is 5.75 Å². The summed E-state index contributed by atoms with van der Waals surface area (Å²) < 4.78 is 50.4. The number of methoxy groups -OCH3 is 2. The number of aromatic nitrogens is 2. The molecule has 156 valence electrons. The fourth-order valence-corrected chi connectivity index (χ4v) is 3.67. The van der Waals surface area contributed by atoms with Crippen LogP contribution < -0.4 is 9.64 Å². The van der Waals surface area contributed by atoms with Crippen molar-refractivity contribution < 1.29 is 27.4 Å². The third-order valence-corrected chi connectivity index (χ3v) is 5.00. The van der Waals surface area contributed by atoms with E-state index in [-0.39, 0.29) is 12.3 Å². The second kappa shape index (κ2) is 7.49. The zero-order valence-electron chi connectivity index (χ0n) is 16.2. The fraction of sp³-hybridized carbons (Fsp3) is 0.238. The standard InChI is InChI=1S/C21H18F3N3O3/c1-29-11-16-17-18(26-25-16)20(28)27(14-6-8-15(30-2)9-7-14)19(17)12-4-3-5-13(10-12)21(22,23)24/h3-10,19H,11H2,1-2H3,(H,25,26). The Bertz CT molecular complexity index is 1080. The van der Waals surface area contributed by atoms with Crippen molar-refractivity contribution in [2.24, 2.45) is 0 Å². The van der Waals surface area contributed by atoms with Crippen LogP contribution in [0.25, 0.3) is 0 Å². The number of H-pyrrole nitrogens is 1. The fourth-order valence-electron chi connectivity index (χ4n) is 3.67. The summed E-state index contributed by atoms with van der Waals surface area (Å²) >= 11 is 0. The van der Waals surface area contributed by atoms with E-state index in [9.17, 15) is 18.0 Å². The van der Waals surface area contributed by atoms with Gasteiger partial charge < -0.3 is 9.47 Å². The van der Waals surface area contributed by atoms with E-state index in [2.05, 4.69) is 10.2 Å². The van der Waals surface area contributed by atoms with Gasteiger partial charge in [0.15, 0.2) is 5.69 Å². The van der Waals surface area contributed by atoms with Gasteiger partial charge in [0.05, 0.1) is 31.0 Å². The summed E-state index contributed by atoms with van der Waals surface area (Å²) in [6, 6.07) is 10.9. The summed E-state index contributed by atoms with van der Waals surface area (Å²) in [5.74, 6) is 0.190. The Labute approximate surface area is 170 Å². The number of hydrogen-bond donors (Lipinski definition) is 1. The number of hydrogen-bond acceptors (Lipinski definition) is 4. The number of nitrogens with one attached hydrogen (secondary N) is 1. The highest BCUT2D eigenvalue weighted by Crippen LogP contribution is 2.44. The van der Waals surface area contributed by atoms with Crippen molar-refractivity contribution in [3.8, 4) is 5.75 Å². The zero-order chi connectivity index (χ0) is 21.5. The van der Waals surface area contributed by atoms with E-state index in [1.807, 2.05) is 0 Å². The molecule has 6 nitrogen and oxygen atoms in total. The molecule has 0 fully saturated rings. The summed E-state index contributed by atoms with van der Waals surface area (Å²) in [7, 11) is 3.01. The van der Waals surface area contributed by atoms with Crippen molar-refractivity contribution in [2.75, 3.05) is 19.1 Å². The maximum atomic E-state index is 13.3. The van der Waals surface area contributed by atoms with Crippen LogP contribution in [0.2, 0.25) is 0 Å². The highest BCUT2D eigenvalue weighted by Gasteiger charge is 2.43. The Morgan fingerprint density at radius 1 is 1.13 bits per heavy atom. The summed E-state index contributed by atoms with van der Waals surface area (Å²) in [6.07, 6.45) is -4.50. The van der Waals surface area contributed by atoms with Crippen LogP contribution in [0.1, 0.15) is 38.9 Å². The monoisotopic (exact) mass is 417 g/mol. The third-order valence-electron chi connectivity index (χ3n) is 5.00. The molecule has 1 amide bonds. The first-order valence-corrected chi connectivity index (χ1v) is 9.06. The maximum absolute atomic E-state index is 13.3. The number of amides is 1. The molecule has 0 radical (unpaired) electrons. The van der Waals surface area contributed by atoms with Gasteiger partial charge >= 0.3 is 6.18 Å². The number of ether oxygens (including phenoxy) is 2. The first kappa shape index (κ1) is 20.0. The van der Waals surface area contributed by atoms with E-state index in [1.165, 1.54) is 25.2 Å². The van der Waals surface area contributed by atoms with Gasteiger partial charge in [-0.2, -0.15) is 18.3 Å². The molecular weight excluding hydrogens is 399 g/mol. The van der Waals surface area contributed by atoms with Crippen LogP contribution in [0.5, 0.6) is 5.75 Å². The Balaban J connectivity index is 1.88. The number of halogens is 3. The molecule has 1 atom stereocenters. The molecule has 2 heterocycles. The van der Waals surface area contributed by atoms with E-state index < -0.39 is 23.7 Å². The van der Waals surface area contributed by atoms with Crippen molar-refractivity contribution in [3.63, 3.8) is 0 Å². The smallest absolute Gasteiger partial charge is 0.416 e. The Hall–Kier alpha value is -3.33. The van der Waals surface area contributed by atoms with Crippen LogP contribution >= 0.6 is 0 Å². The first-order valence-electron chi connectivity index (χ1n) is 9.06. The lowest BCUT2D eigenvalue weighted by atomic mass is 9.97. The number of carbonyl (C=O) groups excluding carboxylic acids is 1. The second-order valence-electron chi connectivity index (χ2n) is 6.80. The Kier molecular flexibility index (Phi) is 4.98. The second-order valence-corrected chi connectivity index (χ2v) is 6.80. The van der Waals surface area contributed by atoms with Crippen LogP contribution in [0.3, 0.4) is 0 Å². The van der Waals surface area contributed by atoms with Crippen molar-refractivity contribution >= 4 is 11.6 Å². The number of anilines is 1. The quantitative estimate of drug-likeness (QED) is 0.671. The highest BCUT2D eigenvalue weighted by atomic mass is 19.4. The van der Waals surface area contributed by atoms with E-state index in [0.717, 1.165) is 12.1 Å². The van der Waals surface area contributed by atoms with Crippen molar-refractivity contribution in [3.05, 3.63) is 76.6 Å². The maximum Gasteiger partial charge on any atom is 0.416 e. The number of carbonyl (C=O) groups is 1. The van der Waals surface area contributed by atoms with E-state index >= 15 is 0 Å². The molecule has 1 aromatic heterocycles. The first-order chi connectivity index (χ1) is 14.3. The average molecular weight is 417 g/mol. The van der Waals surface area contributed by atoms with Gasteiger partial charge in [0.25, 0.3) is 5.91 Å². The lowest BCUT2D eigenvalue weighted by Crippen LogP contribution is -2.29. The average Bonchev–Trinajstić information content (AvgIpc) is 3.27. The predicted molar refractivity (Wildman–Crippen MR) is 102 cm³/mol. The van der Waals surface area contributed by atoms with Gasteiger partial charge in [0, 0.05) is 18.4 Å². The molecule has 0 saturated heterocycles. The van der Waals surface area contributed by atoms with Crippen LogP contribution in [-0.2, 0) is 17.5 Å². The topological polar surface area (TPSA) is 67.4 Å². The van der Waals surface area contributed by atoms with Gasteiger partial charge in [-0.25, -0.2) is 0 Å². The molecule has 2 aromatic carbocycles. The SMILES string of the molecule is COCc1[nH]nc2c1C(c1cccc(C(F)(F)F)c1)N(c1ccc(OC)cc1)C2=O. The van der Waals surface area contributed by atoms with Gasteiger partial charge in [0.2, 0.25) is 0 Å². The summed E-state index contributed by atoms with van der Waals surface area (Å²) in [4.78, 5) is 14.6. The summed E-state index contributed by atoms with van der Waals surface area (Å²) in [5, 5.41) is 6.89. The minimum absolute atomic E-state index is 0.140. The predicted octanol–water partition coefficient (Wildman–Crippen LogP) is 4.33. The Morgan fingerprint density at radius 3 is 2.50 bits per heavy atom. The number of alkyl halides is 3. The molecular formula is C21H18F3N3O3. The van der Waals surface area contributed by atoms with Crippen molar-refractivity contribution in [1.82, 2.24) is 10.2 Å². The largest absolute Gasteiger partial charge is 0.497 e. The van der Waals surface area contributed by atoms with Crippen LogP contribution in [-0.4, -0.2) is 30.3 Å². The number of aromatic amines is 1. The lowest BCUT2D eigenvalue weighted by Gasteiger charge is -2.27. The number of benzene rings is 2. The molecule has 1 unspecified atom stereocenters. The summed E-state index contributed by atoms with van der Waals surface area (Å²) in [6.45, 7) is 0.140. The molecule has 9 heteroatoms. The molecule has 30 heavy (non-hydrogen) atoms. The number of nitrogens with zero attached hydrogens (tertiary/aromatic N) is 2. The third kappa shape index (κ3) is 3.30. The van der Waals surface area contributed by atoms with Crippen LogP contribution in [0.15, 0.2) is 48.5 Å². The van der Waals surface area contributed by atoms with Crippen molar-refractivity contribution in [1.29, 1.82) is 0 Å². The van der Waals surface area contributed by atoms with E-state index in [0.29, 0.717) is 28.3 Å². The molecule has 1 aliphatic heterocycles. The highest BCUT2D eigenvalue weighted by molar-refractivity contribution is 6.10. The van der Waals surface area contributed by atoms with Crippen LogP contribution in [0.4, 0.5) is 18.9 Å². The van der Waals surface area contributed by atoms with Crippen LogP contribution in [0, 0.1) is 0 Å². The van der Waals surface area contributed by atoms with E-state index in [1.54, 1.807) is 30.3 Å². The molecule has 0 aliphatic carbocycles. The minimum atomic E-state index is -4.50.